The van der Waals surface area contributed by atoms with Gasteiger partial charge in [0.2, 0.25) is 0 Å². The molecule has 0 amide bonds. The molecule has 6 unspecified atom stereocenters. The number of aliphatic hydroxyl groups is 4. The molecule has 6 rings (SSSR count). The summed E-state index contributed by atoms with van der Waals surface area (Å²) in [6, 6.07) is 11.3. The van der Waals surface area contributed by atoms with E-state index in [0.29, 0.717) is 17.9 Å². The number of aromatic nitrogens is 2. The number of cyclic esters (lactones) is 1. The maximum absolute atomic E-state index is 13.6. The Labute approximate surface area is 210 Å². The van der Waals surface area contributed by atoms with Crippen molar-refractivity contribution in [1.29, 1.82) is 0 Å². The lowest BCUT2D eigenvalue weighted by molar-refractivity contribution is -0.328. The fourth-order valence-electron chi connectivity index (χ4n) is 5.47. The van der Waals surface area contributed by atoms with Gasteiger partial charge in [-0.3, -0.25) is 4.79 Å². The standard InChI is InChI=1S/C26H26N2O9/c1-2-26(37-24-22(32)21(31)20(30)18(10-29)36-24)15-8-17-19-13(7-12-5-3-4-6-16(12)27-19)9-28(17)23(33)14(15)11-35-25(26)34/h3-8,18,20-22,24,29-32H,2,9-11H2,1H3. The van der Waals surface area contributed by atoms with Crippen molar-refractivity contribution in [2.75, 3.05) is 6.61 Å². The van der Waals surface area contributed by atoms with Gasteiger partial charge in [-0.1, -0.05) is 25.1 Å². The Hall–Kier alpha value is -3.19. The van der Waals surface area contributed by atoms with E-state index < -0.39 is 48.9 Å². The summed E-state index contributed by atoms with van der Waals surface area (Å²) in [5, 5.41) is 41.4. The average molecular weight is 510 g/mol. The zero-order chi connectivity index (χ0) is 26.1. The predicted molar refractivity (Wildman–Crippen MR) is 127 cm³/mol. The van der Waals surface area contributed by atoms with Gasteiger partial charge < -0.3 is 39.2 Å². The summed E-state index contributed by atoms with van der Waals surface area (Å²) in [7, 11) is 0. The third kappa shape index (κ3) is 3.46. The third-order valence-electron chi connectivity index (χ3n) is 7.55. The Morgan fingerprint density at radius 2 is 1.92 bits per heavy atom. The summed E-state index contributed by atoms with van der Waals surface area (Å²) in [4.78, 5) is 31.7. The first kappa shape index (κ1) is 24.2. The highest BCUT2D eigenvalue weighted by atomic mass is 16.7. The number of benzene rings is 1. The van der Waals surface area contributed by atoms with Crippen molar-refractivity contribution in [3.63, 3.8) is 0 Å². The maximum Gasteiger partial charge on any atom is 0.343 e. The van der Waals surface area contributed by atoms with Gasteiger partial charge in [0.25, 0.3) is 5.56 Å². The van der Waals surface area contributed by atoms with Crippen LogP contribution in [0, 0.1) is 0 Å². The van der Waals surface area contributed by atoms with Gasteiger partial charge in [-0.05, 0) is 24.6 Å². The van der Waals surface area contributed by atoms with E-state index in [1.54, 1.807) is 17.6 Å². The lowest BCUT2D eigenvalue weighted by atomic mass is 9.85. The molecule has 37 heavy (non-hydrogen) atoms. The number of fused-ring (bicyclic) bond motifs is 5. The minimum absolute atomic E-state index is 0.00868. The number of hydrogen-bond donors (Lipinski definition) is 4. The molecule has 6 atom stereocenters. The van der Waals surface area contributed by atoms with Gasteiger partial charge in [-0.15, -0.1) is 0 Å². The monoisotopic (exact) mass is 510 g/mol. The largest absolute Gasteiger partial charge is 0.458 e. The molecular weight excluding hydrogens is 484 g/mol. The Balaban J connectivity index is 1.49. The molecule has 2 aromatic heterocycles. The van der Waals surface area contributed by atoms with Crippen molar-refractivity contribution >= 4 is 16.9 Å². The fraction of sp³-hybridized carbons (Fsp3) is 0.423. The second-order valence-electron chi connectivity index (χ2n) is 9.57. The number of pyridine rings is 2. The molecule has 1 saturated heterocycles. The van der Waals surface area contributed by atoms with Gasteiger partial charge in [0.15, 0.2) is 11.9 Å². The van der Waals surface area contributed by atoms with Crippen LogP contribution in [-0.4, -0.2) is 73.3 Å². The van der Waals surface area contributed by atoms with E-state index in [1.165, 1.54) is 0 Å². The first-order valence-electron chi connectivity index (χ1n) is 12.1. The highest BCUT2D eigenvalue weighted by Crippen LogP contribution is 2.42. The summed E-state index contributed by atoms with van der Waals surface area (Å²) in [6.07, 6.45) is -7.84. The van der Waals surface area contributed by atoms with Crippen LogP contribution in [0.5, 0.6) is 0 Å². The Morgan fingerprint density at radius 3 is 2.68 bits per heavy atom. The van der Waals surface area contributed by atoms with Crippen LogP contribution >= 0.6 is 0 Å². The highest BCUT2D eigenvalue weighted by Gasteiger charge is 2.53. The molecule has 4 N–H and O–H groups in total. The van der Waals surface area contributed by atoms with Crippen LogP contribution < -0.4 is 5.56 Å². The van der Waals surface area contributed by atoms with Crippen LogP contribution in [0.2, 0.25) is 0 Å². The molecule has 0 aliphatic carbocycles. The molecular formula is C26H26N2O9. The minimum atomic E-state index is -1.85. The van der Waals surface area contributed by atoms with Crippen LogP contribution in [0.15, 0.2) is 41.2 Å². The number of hydrogen-bond acceptors (Lipinski definition) is 10. The Bertz CT molecular complexity index is 1470. The molecule has 0 bridgehead atoms. The van der Waals surface area contributed by atoms with E-state index in [0.717, 1.165) is 16.5 Å². The number of nitrogens with zero attached hydrogens (tertiary/aromatic N) is 2. The number of rotatable bonds is 4. The lowest BCUT2D eigenvalue weighted by Crippen LogP contribution is -2.61. The van der Waals surface area contributed by atoms with E-state index in [9.17, 15) is 30.0 Å². The summed E-state index contributed by atoms with van der Waals surface area (Å²) >= 11 is 0. The SMILES string of the molecule is CCC1(OC2OC(CO)C(O)C(O)C2O)C(=O)OCc2c1cc1n(c2=O)Cc2cc3ccccc3nc2-1. The normalized spacial score (nSPS) is 30.5. The lowest BCUT2D eigenvalue weighted by Gasteiger charge is -2.44. The number of para-hydroxylation sites is 1. The summed E-state index contributed by atoms with van der Waals surface area (Å²) < 4.78 is 18.5. The summed E-state index contributed by atoms with van der Waals surface area (Å²) in [5.41, 5.74) is 1.06. The van der Waals surface area contributed by atoms with Crippen molar-refractivity contribution in [3.05, 3.63) is 63.4 Å². The quantitative estimate of drug-likeness (QED) is 0.273. The van der Waals surface area contributed by atoms with Crippen LogP contribution in [-0.2, 0) is 37.8 Å². The van der Waals surface area contributed by atoms with Crippen LogP contribution in [0.3, 0.4) is 0 Å². The van der Waals surface area contributed by atoms with Crippen molar-refractivity contribution in [1.82, 2.24) is 9.55 Å². The van der Waals surface area contributed by atoms with Crippen molar-refractivity contribution in [3.8, 4) is 11.4 Å². The molecule has 3 aliphatic heterocycles. The maximum atomic E-state index is 13.6. The first-order chi connectivity index (χ1) is 17.8. The molecule has 11 heteroatoms. The van der Waals surface area contributed by atoms with E-state index in [1.807, 2.05) is 30.3 Å². The molecule has 1 aromatic carbocycles. The number of esters is 1. The molecule has 3 aliphatic rings. The minimum Gasteiger partial charge on any atom is -0.458 e. The second kappa shape index (κ2) is 8.69. The zero-order valence-corrected chi connectivity index (χ0v) is 19.9. The van der Waals surface area contributed by atoms with Crippen molar-refractivity contribution in [2.45, 2.75) is 62.8 Å². The third-order valence-corrected chi connectivity index (χ3v) is 7.55. The van der Waals surface area contributed by atoms with Crippen LogP contribution in [0.25, 0.3) is 22.3 Å². The average Bonchev–Trinajstić information content (AvgIpc) is 3.27. The highest BCUT2D eigenvalue weighted by molar-refractivity contribution is 5.86. The van der Waals surface area contributed by atoms with E-state index in [2.05, 4.69) is 0 Å². The van der Waals surface area contributed by atoms with Gasteiger partial charge in [0, 0.05) is 16.5 Å². The molecule has 0 radical (unpaired) electrons. The van der Waals surface area contributed by atoms with E-state index in [-0.39, 0.29) is 29.7 Å². The van der Waals surface area contributed by atoms with Gasteiger partial charge in [-0.2, -0.15) is 0 Å². The number of aliphatic hydroxyl groups excluding tert-OH is 4. The summed E-state index contributed by atoms with van der Waals surface area (Å²) in [6.45, 7) is 1.06. The van der Waals surface area contributed by atoms with Crippen molar-refractivity contribution in [2.24, 2.45) is 0 Å². The Morgan fingerprint density at radius 1 is 1.14 bits per heavy atom. The number of ether oxygens (including phenoxy) is 3. The zero-order valence-electron chi connectivity index (χ0n) is 19.9. The van der Waals surface area contributed by atoms with E-state index >= 15 is 0 Å². The fourth-order valence-corrected chi connectivity index (χ4v) is 5.47. The van der Waals surface area contributed by atoms with Gasteiger partial charge in [0.05, 0.1) is 35.6 Å². The van der Waals surface area contributed by atoms with E-state index in [4.69, 9.17) is 19.2 Å². The molecule has 11 nitrogen and oxygen atoms in total. The molecule has 0 spiro atoms. The number of carbonyl (C=O) groups excluding carboxylic acids is 1. The second-order valence-corrected chi connectivity index (χ2v) is 9.57. The van der Waals surface area contributed by atoms with Crippen LogP contribution in [0.1, 0.15) is 30.0 Å². The Kier molecular flexibility index (Phi) is 5.68. The van der Waals surface area contributed by atoms with Crippen LogP contribution in [0.4, 0.5) is 0 Å². The number of carbonyl (C=O) groups is 1. The first-order valence-corrected chi connectivity index (χ1v) is 12.1. The molecule has 0 saturated carbocycles. The van der Waals surface area contributed by atoms with Gasteiger partial charge in [0.1, 0.15) is 31.0 Å². The molecule has 3 aromatic rings. The molecule has 194 valence electrons. The smallest absolute Gasteiger partial charge is 0.343 e. The molecule has 5 heterocycles. The van der Waals surface area contributed by atoms with Crippen molar-refractivity contribution < 1.29 is 39.4 Å². The predicted octanol–water partition coefficient (Wildman–Crippen LogP) is -0.0962. The van der Waals surface area contributed by atoms with Gasteiger partial charge in [-0.25, -0.2) is 9.78 Å². The molecule has 1 fully saturated rings. The van der Waals surface area contributed by atoms with Gasteiger partial charge >= 0.3 is 5.97 Å². The topological polar surface area (TPSA) is 161 Å². The summed E-state index contributed by atoms with van der Waals surface area (Å²) in [5.74, 6) is -0.784.